The molecule has 0 saturated carbocycles. The maximum atomic E-state index is 14.0. The highest BCUT2D eigenvalue weighted by Crippen LogP contribution is 2.23. The lowest BCUT2D eigenvalue weighted by Crippen LogP contribution is -2.57. The highest BCUT2D eigenvalue weighted by molar-refractivity contribution is 7.89. The van der Waals surface area contributed by atoms with Gasteiger partial charge in [0.25, 0.3) is 5.91 Å². The number of nitrogens with zero attached hydrogens (tertiary/aromatic N) is 6. The number of imide groups is 1. The van der Waals surface area contributed by atoms with Gasteiger partial charge in [-0.2, -0.15) is 4.31 Å². The fourth-order valence-electron chi connectivity index (χ4n) is 5.69. The molecule has 4 rings (SSSR count). The molecule has 49 heavy (non-hydrogen) atoms. The summed E-state index contributed by atoms with van der Waals surface area (Å²) in [7, 11) is -4.10. The van der Waals surface area contributed by atoms with Gasteiger partial charge in [-0.1, -0.05) is 75.3 Å². The molecular weight excluding hydrogens is 650 g/mol. The summed E-state index contributed by atoms with van der Waals surface area (Å²) in [6, 6.07) is 12.2. The van der Waals surface area contributed by atoms with Crippen molar-refractivity contribution in [3.63, 3.8) is 0 Å². The van der Waals surface area contributed by atoms with E-state index in [2.05, 4.69) is 20.4 Å². The summed E-state index contributed by atoms with van der Waals surface area (Å²) in [5.74, 6) is -1.59. The van der Waals surface area contributed by atoms with Crippen molar-refractivity contribution in [2.45, 2.75) is 63.7 Å². The Hall–Kier alpha value is -4.73. The molecule has 0 radical (unpaired) electrons. The standard InChI is InChI=1S/C34H43N7O7S/c1-23(2)19-39(49(47,48)28-12-10-26(11-13-28)17-37-46)21-30(42)29(16-25-8-6-5-7-9-25)38-33(44)32(24(3)4)41-22-31(43)40(34(41)45)20-27-18-35-14-15-36-27/h5-15,17-18,23-24,29-30,32,42,46H,16,19-22H2,1-4H3,(H,38,44)/t29-,30-,32-/m0/s1. The number of hydrogen-bond acceptors (Lipinski definition) is 10. The summed E-state index contributed by atoms with van der Waals surface area (Å²) in [5.41, 5.74) is 1.70. The summed E-state index contributed by atoms with van der Waals surface area (Å²) < 4.78 is 28.9. The molecule has 262 valence electrons. The molecule has 2 aromatic carbocycles. The smallest absolute Gasteiger partial charge is 0.328 e. The van der Waals surface area contributed by atoms with Crippen molar-refractivity contribution < 1.29 is 33.1 Å². The molecule has 1 fully saturated rings. The molecule has 0 bridgehead atoms. The topological polar surface area (TPSA) is 186 Å². The molecule has 15 heteroatoms. The third kappa shape index (κ3) is 9.46. The number of hydrogen-bond donors (Lipinski definition) is 3. The van der Waals surface area contributed by atoms with E-state index in [0.29, 0.717) is 11.3 Å². The van der Waals surface area contributed by atoms with Crippen LogP contribution >= 0.6 is 0 Å². The molecule has 4 amide bonds. The molecule has 3 N–H and O–H groups in total. The number of rotatable bonds is 16. The highest BCUT2D eigenvalue weighted by atomic mass is 32.2. The van der Waals surface area contributed by atoms with E-state index < -0.39 is 52.0 Å². The van der Waals surface area contributed by atoms with Crippen LogP contribution in [0.2, 0.25) is 0 Å². The number of nitrogens with one attached hydrogen (secondary N) is 1. The van der Waals surface area contributed by atoms with Gasteiger partial charge in [-0.25, -0.2) is 13.2 Å². The Labute approximate surface area is 286 Å². The zero-order valence-electron chi connectivity index (χ0n) is 28.0. The zero-order valence-corrected chi connectivity index (χ0v) is 28.8. The van der Waals surface area contributed by atoms with Gasteiger partial charge in [0.05, 0.1) is 41.7 Å². The normalized spacial score (nSPS) is 15.8. The Morgan fingerprint density at radius 2 is 1.73 bits per heavy atom. The molecule has 1 saturated heterocycles. The summed E-state index contributed by atoms with van der Waals surface area (Å²) in [6.07, 6.45) is 4.36. The molecule has 0 spiro atoms. The van der Waals surface area contributed by atoms with Crippen LogP contribution < -0.4 is 5.32 Å². The first-order chi connectivity index (χ1) is 23.3. The van der Waals surface area contributed by atoms with Gasteiger partial charge in [0.1, 0.15) is 12.6 Å². The Bertz CT molecular complexity index is 1710. The van der Waals surface area contributed by atoms with Crippen molar-refractivity contribution in [2.75, 3.05) is 19.6 Å². The molecule has 0 unspecified atom stereocenters. The third-order valence-electron chi connectivity index (χ3n) is 8.03. The number of carbonyl (C=O) groups is 3. The summed E-state index contributed by atoms with van der Waals surface area (Å²) >= 11 is 0. The molecule has 1 aromatic heterocycles. The van der Waals surface area contributed by atoms with Crippen LogP contribution in [0.15, 0.2) is 83.2 Å². The first-order valence-corrected chi connectivity index (χ1v) is 17.4. The first kappa shape index (κ1) is 37.1. The monoisotopic (exact) mass is 693 g/mol. The van der Waals surface area contributed by atoms with Crippen LogP contribution in [0.4, 0.5) is 4.79 Å². The van der Waals surface area contributed by atoms with E-state index in [9.17, 15) is 27.9 Å². The van der Waals surface area contributed by atoms with Crippen LogP contribution in [0.5, 0.6) is 0 Å². The van der Waals surface area contributed by atoms with E-state index in [0.717, 1.165) is 10.5 Å². The fourth-order valence-corrected chi connectivity index (χ4v) is 7.31. The van der Waals surface area contributed by atoms with Crippen molar-refractivity contribution in [1.82, 2.24) is 29.4 Å². The van der Waals surface area contributed by atoms with Gasteiger partial charge in [-0.15, -0.1) is 0 Å². The average Bonchev–Trinajstić information content (AvgIpc) is 3.33. The van der Waals surface area contributed by atoms with Crippen molar-refractivity contribution >= 4 is 34.1 Å². The van der Waals surface area contributed by atoms with E-state index in [1.54, 1.807) is 13.8 Å². The average molecular weight is 694 g/mol. The van der Waals surface area contributed by atoms with Crippen molar-refractivity contribution in [1.29, 1.82) is 0 Å². The largest absolute Gasteiger partial charge is 0.411 e. The Balaban J connectivity index is 1.59. The molecule has 3 aromatic rings. The van der Waals surface area contributed by atoms with Crippen LogP contribution in [0.25, 0.3) is 0 Å². The lowest BCUT2D eigenvalue weighted by molar-refractivity contribution is -0.129. The van der Waals surface area contributed by atoms with Gasteiger partial charge in [0.2, 0.25) is 15.9 Å². The minimum Gasteiger partial charge on any atom is -0.411 e. The Kier molecular flexibility index (Phi) is 12.6. The minimum absolute atomic E-state index is 0.0118. The van der Waals surface area contributed by atoms with Crippen LogP contribution in [0, 0.1) is 11.8 Å². The maximum absolute atomic E-state index is 14.0. The van der Waals surface area contributed by atoms with Crippen LogP contribution in [0.1, 0.15) is 44.5 Å². The number of amides is 4. The number of urea groups is 1. The van der Waals surface area contributed by atoms with Gasteiger partial charge >= 0.3 is 6.03 Å². The van der Waals surface area contributed by atoms with E-state index >= 15 is 0 Å². The zero-order chi connectivity index (χ0) is 35.7. The maximum Gasteiger partial charge on any atom is 0.328 e. The number of sulfonamides is 1. The van der Waals surface area contributed by atoms with Gasteiger partial charge in [-0.05, 0) is 41.5 Å². The van der Waals surface area contributed by atoms with Crippen molar-refractivity contribution in [3.8, 4) is 0 Å². The predicted molar refractivity (Wildman–Crippen MR) is 181 cm³/mol. The molecule has 2 heterocycles. The quantitative estimate of drug-likeness (QED) is 0.0878. The SMILES string of the molecule is CC(C)CN(C[C@H](O)[C@H](Cc1ccccc1)NC(=O)[C@H](C(C)C)N1CC(=O)N(Cc2cnccn2)C1=O)S(=O)(=O)c1ccc(C=NO)cc1. The molecule has 0 aliphatic carbocycles. The van der Waals surface area contributed by atoms with Gasteiger partial charge in [0.15, 0.2) is 0 Å². The molecule has 1 aliphatic heterocycles. The van der Waals surface area contributed by atoms with E-state index in [1.807, 2.05) is 44.2 Å². The highest BCUT2D eigenvalue weighted by Gasteiger charge is 2.44. The summed E-state index contributed by atoms with van der Waals surface area (Å²) in [6.45, 7) is 6.56. The molecule has 3 atom stereocenters. The second-order valence-corrected chi connectivity index (χ2v) is 14.6. The first-order valence-electron chi connectivity index (χ1n) is 16.0. The van der Waals surface area contributed by atoms with Gasteiger partial charge < -0.3 is 20.5 Å². The predicted octanol–water partition coefficient (Wildman–Crippen LogP) is 2.51. The van der Waals surface area contributed by atoms with Gasteiger partial charge in [-0.3, -0.25) is 24.5 Å². The van der Waals surface area contributed by atoms with E-state index in [1.165, 1.54) is 58.3 Å². The lowest BCUT2D eigenvalue weighted by Gasteiger charge is -2.34. The third-order valence-corrected chi connectivity index (χ3v) is 9.88. The Morgan fingerprint density at radius 1 is 1.04 bits per heavy atom. The minimum atomic E-state index is -4.10. The molecular formula is C34H43N7O7S. The number of benzene rings is 2. The summed E-state index contributed by atoms with van der Waals surface area (Å²) in [5, 5.41) is 26.4. The molecule has 1 aliphatic rings. The van der Waals surface area contributed by atoms with E-state index in [-0.39, 0.29) is 43.4 Å². The lowest BCUT2D eigenvalue weighted by atomic mass is 9.97. The van der Waals surface area contributed by atoms with Gasteiger partial charge in [0, 0.05) is 25.5 Å². The van der Waals surface area contributed by atoms with Crippen molar-refractivity contribution in [3.05, 3.63) is 90.0 Å². The number of aliphatic hydroxyl groups excluding tert-OH is 1. The number of carbonyl (C=O) groups excluding carboxylic acids is 3. The Morgan fingerprint density at radius 3 is 2.33 bits per heavy atom. The summed E-state index contributed by atoms with van der Waals surface area (Å²) in [4.78, 5) is 50.8. The fraction of sp³-hybridized carbons (Fsp3) is 0.412. The number of aliphatic hydroxyl groups is 1. The van der Waals surface area contributed by atoms with Crippen molar-refractivity contribution in [2.24, 2.45) is 17.0 Å². The number of aromatic nitrogens is 2. The second-order valence-electron chi connectivity index (χ2n) is 12.7. The van der Waals surface area contributed by atoms with E-state index in [4.69, 9.17) is 5.21 Å². The van der Waals surface area contributed by atoms with Crippen LogP contribution in [0.3, 0.4) is 0 Å². The van der Waals surface area contributed by atoms with Crippen LogP contribution in [-0.2, 0) is 32.6 Å². The van der Waals surface area contributed by atoms with Crippen LogP contribution in [-0.4, -0.2) is 105 Å². The number of oxime groups is 1. The second kappa shape index (κ2) is 16.6. The molecule has 14 nitrogen and oxygen atoms in total.